The molecular formula is C18H7F2N3O3S. The third-order valence-corrected chi connectivity index (χ3v) is 4.41. The minimum atomic E-state index is -1.59. The van der Waals surface area contributed by atoms with Crippen molar-refractivity contribution in [2.45, 2.75) is 0 Å². The molecule has 0 saturated carbocycles. The zero-order chi connectivity index (χ0) is 19.6. The molecule has 6 nitrogen and oxygen atoms in total. The van der Waals surface area contributed by atoms with Crippen molar-refractivity contribution < 1.29 is 23.4 Å². The van der Waals surface area contributed by atoms with Gasteiger partial charge in [-0.2, -0.15) is 10.5 Å². The van der Waals surface area contributed by atoms with Gasteiger partial charge in [0.25, 0.3) is 5.19 Å². The van der Waals surface area contributed by atoms with Gasteiger partial charge in [-0.25, -0.2) is 18.6 Å². The molecule has 0 aliphatic heterocycles. The van der Waals surface area contributed by atoms with Crippen LogP contribution < -0.4 is 4.74 Å². The van der Waals surface area contributed by atoms with Gasteiger partial charge in [0.1, 0.15) is 17.7 Å². The fourth-order valence-electron chi connectivity index (χ4n) is 2.35. The zero-order valence-corrected chi connectivity index (χ0v) is 14.1. The molecule has 0 atom stereocenters. The van der Waals surface area contributed by atoms with E-state index in [9.17, 15) is 13.6 Å². The lowest BCUT2D eigenvalue weighted by atomic mass is 10.0. The minimum absolute atomic E-state index is 0.0573. The molecule has 0 amide bonds. The van der Waals surface area contributed by atoms with Gasteiger partial charge in [0.15, 0.2) is 0 Å². The molecule has 0 radical (unpaired) electrons. The summed E-state index contributed by atoms with van der Waals surface area (Å²) in [6, 6.07) is 10.8. The predicted molar refractivity (Wildman–Crippen MR) is 91.0 cm³/mol. The molecule has 1 N–H and O–H groups in total. The fraction of sp³-hybridized carbons (Fsp3) is 0. The van der Waals surface area contributed by atoms with Gasteiger partial charge in [0, 0.05) is 5.56 Å². The first-order chi connectivity index (χ1) is 12.9. The van der Waals surface area contributed by atoms with E-state index in [1.165, 1.54) is 18.2 Å². The van der Waals surface area contributed by atoms with Crippen LogP contribution in [0, 0.1) is 34.3 Å². The summed E-state index contributed by atoms with van der Waals surface area (Å²) in [6.45, 7) is 0. The van der Waals surface area contributed by atoms with Crippen LogP contribution in [0.1, 0.15) is 11.1 Å². The Labute approximate surface area is 155 Å². The first-order valence-corrected chi connectivity index (χ1v) is 8.05. The molecule has 27 heavy (non-hydrogen) atoms. The lowest BCUT2D eigenvalue weighted by Crippen LogP contribution is -2.02. The van der Waals surface area contributed by atoms with Crippen molar-refractivity contribution in [3.8, 4) is 39.0 Å². The van der Waals surface area contributed by atoms with Crippen molar-refractivity contribution in [2.75, 3.05) is 0 Å². The lowest BCUT2D eigenvalue weighted by molar-refractivity contribution is 0.144. The van der Waals surface area contributed by atoms with Gasteiger partial charge in [-0.15, -0.1) is 0 Å². The summed E-state index contributed by atoms with van der Waals surface area (Å²) < 4.78 is 32.0. The molecule has 3 rings (SSSR count). The minimum Gasteiger partial charge on any atom is -0.449 e. The first-order valence-electron chi connectivity index (χ1n) is 7.24. The number of aromatic nitrogens is 1. The summed E-state index contributed by atoms with van der Waals surface area (Å²) >= 11 is 0.814. The fourth-order valence-corrected chi connectivity index (χ4v) is 3.27. The maximum atomic E-state index is 13.8. The molecule has 0 bridgehead atoms. The van der Waals surface area contributed by atoms with E-state index >= 15 is 0 Å². The maximum Gasteiger partial charge on any atom is 0.513 e. The zero-order valence-electron chi connectivity index (χ0n) is 13.2. The predicted octanol–water partition coefficient (Wildman–Crippen LogP) is 4.56. The number of nitriles is 2. The Morgan fingerprint density at radius 2 is 1.89 bits per heavy atom. The number of carbonyl (C=O) groups is 1. The topological polar surface area (TPSA) is 107 Å². The van der Waals surface area contributed by atoms with Crippen molar-refractivity contribution in [2.24, 2.45) is 0 Å². The van der Waals surface area contributed by atoms with E-state index in [0.29, 0.717) is 10.4 Å². The van der Waals surface area contributed by atoms with E-state index in [1.807, 2.05) is 6.07 Å². The van der Waals surface area contributed by atoms with Crippen LogP contribution in [0.25, 0.3) is 21.7 Å². The molecule has 0 fully saturated rings. The SMILES string of the molecule is N#Cc1cc(F)cc(-c2sc(OC(=O)O)nc2-c2ccc(F)c(C#N)c2)c1. The Balaban J connectivity index is 2.23. The van der Waals surface area contributed by atoms with Crippen LogP contribution in [-0.4, -0.2) is 16.2 Å². The highest BCUT2D eigenvalue weighted by Gasteiger charge is 2.19. The van der Waals surface area contributed by atoms with Crippen molar-refractivity contribution in [1.29, 1.82) is 10.5 Å². The summed E-state index contributed by atoms with van der Waals surface area (Å²) in [6.07, 6.45) is -1.59. The second kappa shape index (κ2) is 7.20. The second-order valence-corrected chi connectivity index (χ2v) is 6.13. The summed E-state index contributed by atoms with van der Waals surface area (Å²) in [5.41, 5.74) is 0.567. The van der Waals surface area contributed by atoms with Gasteiger partial charge < -0.3 is 9.84 Å². The van der Waals surface area contributed by atoms with Crippen LogP contribution in [0.5, 0.6) is 5.19 Å². The Bertz CT molecular complexity index is 1150. The largest absolute Gasteiger partial charge is 0.513 e. The molecule has 2 aromatic carbocycles. The highest BCUT2D eigenvalue weighted by atomic mass is 32.1. The Morgan fingerprint density at radius 1 is 1.11 bits per heavy atom. The standard InChI is InChI=1S/C18H7F2N3O3S/c19-13-4-9(7-21)3-11(6-13)16-15(23-17(27-16)26-18(24)25)10-1-2-14(20)12(5-10)8-22/h1-6H,(H,24,25). The number of thiazole rings is 1. The number of halogens is 2. The van der Waals surface area contributed by atoms with Gasteiger partial charge in [0.2, 0.25) is 0 Å². The van der Waals surface area contributed by atoms with E-state index < -0.39 is 17.8 Å². The van der Waals surface area contributed by atoms with Gasteiger partial charge in [-0.1, -0.05) is 11.3 Å². The Kier molecular flexibility index (Phi) is 4.79. The molecule has 9 heteroatoms. The highest BCUT2D eigenvalue weighted by Crippen LogP contribution is 2.41. The Morgan fingerprint density at radius 3 is 2.56 bits per heavy atom. The molecule has 132 valence electrons. The van der Waals surface area contributed by atoms with Crippen LogP contribution in [0.15, 0.2) is 36.4 Å². The normalized spacial score (nSPS) is 10.1. The van der Waals surface area contributed by atoms with Crippen LogP contribution in [0.2, 0.25) is 0 Å². The molecule has 0 aliphatic rings. The number of benzene rings is 2. The van der Waals surface area contributed by atoms with E-state index in [1.54, 1.807) is 6.07 Å². The first kappa shape index (κ1) is 18.0. The number of hydrogen-bond donors (Lipinski definition) is 1. The molecule has 1 heterocycles. The third-order valence-electron chi connectivity index (χ3n) is 3.43. The van der Waals surface area contributed by atoms with Gasteiger partial charge in [-0.3, -0.25) is 0 Å². The van der Waals surface area contributed by atoms with E-state index in [4.69, 9.17) is 15.6 Å². The monoisotopic (exact) mass is 383 g/mol. The van der Waals surface area contributed by atoms with Crippen molar-refractivity contribution in [3.63, 3.8) is 0 Å². The number of rotatable bonds is 3. The summed E-state index contributed by atoms with van der Waals surface area (Å²) in [5, 5.41) is 26.6. The van der Waals surface area contributed by atoms with Crippen molar-refractivity contribution in [3.05, 3.63) is 59.2 Å². The van der Waals surface area contributed by atoms with Gasteiger partial charge >= 0.3 is 6.16 Å². The third kappa shape index (κ3) is 3.73. The molecule has 0 unspecified atom stereocenters. The average Bonchev–Trinajstić information content (AvgIpc) is 3.04. The molecule has 0 saturated heterocycles. The molecule has 0 aliphatic carbocycles. The van der Waals surface area contributed by atoms with Crippen molar-refractivity contribution in [1.82, 2.24) is 4.98 Å². The number of nitrogens with zero attached hydrogens (tertiary/aromatic N) is 3. The average molecular weight is 383 g/mol. The van der Waals surface area contributed by atoms with Crippen LogP contribution in [0.4, 0.5) is 13.6 Å². The summed E-state index contributed by atoms with van der Waals surface area (Å²) in [7, 11) is 0. The molecule has 1 aromatic heterocycles. The van der Waals surface area contributed by atoms with Crippen LogP contribution in [-0.2, 0) is 0 Å². The summed E-state index contributed by atoms with van der Waals surface area (Å²) in [4.78, 5) is 15.2. The maximum absolute atomic E-state index is 13.8. The molecule has 0 spiro atoms. The number of carboxylic acid groups (broad SMARTS) is 1. The van der Waals surface area contributed by atoms with E-state index in [2.05, 4.69) is 9.72 Å². The van der Waals surface area contributed by atoms with Crippen LogP contribution in [0.3, 0.4) is 0 Å². The highest BCUT2D eigenvalue weighted by molar-refractivity contribution is 7.17. The molecular weight excluding hydrogens is 376 g/mol. The quantitative estimate of drug-likeness (QED) is 0.665. The Hall–Kier alpha value is -3.82. The smallest absolute Gasteiger partial charge is 0.449 e. The summed E-state index contributed by atoms with van der Waals surface area (Å²) in [5.74, 6) is -1.39. The lowest BCUT2D eigenvalue weighted by Gasteiger charge is -2.05. The number of hydrogen-bond acceptors (Lipinski definition) is 6. The van der Waals surface area contributed by atoms with Crippen molar-refractivity contribution >= 4 is 17.5 Å². The van der Waals surface area contributed by atoms with Gasteiger partial charge in [-0.05, 0) is 42.0 Å². The van der Waals surface area contributed by atoms with Gasteiger partial charge in [0.05, 0.1) is 27.8 Å². The number of ether oxygens (including phenoxy) is 1. The second-order valence-electron chi connectivity index (χ2n) is 5.17. The van der Waals surface area contributed by atoms with E-state index in [-0.39, 0.29) is 27.6 Å². The van der Waals surface area contributed by atoms with Crippen LogP contribution >= 0.6 is 11.3 Å². The van der Waals surface area contributed by atoms with E-state index in [0.717, 1.165) is 29.5 Å². The molecule has 3 aromatic rings.